The summed E-state index contributed by atoms with van der Waals surface area (Å²) in [6.45, 7) is 5.47. The minimum atomic E-state index is -2.08. The van der Waals surface area contributed by atoms with E-state index in [1.807, 2.05) is 61.6 Å². The SMILES string of the molecule is C/C=C/C=C/C=C/C=C/C=C/C=C/C=C/C(C[C@@H]1O[C@](O)(C[C@@H](O)C[C@@H](O)[C@H](O)CC[C@@H](O)C[C@@H](O)CC(=O)O[C@@H](C)[C@H](C)CO)CC[C@H]1C(=O)NC(CO)CO)OC1OC(C)C(O)C(N)C1O. The predicted octanol–water partition coefficient (Wildman–Crippen LogP) is 0.127. The van der Waals surface area contributed by atoms with Gasteiger partial charge in [0.2, 0.25) is 5.91 Å². The van der Waals surface area contributed by atoms with Crippen LogP contribution in [-0.4, -0.2) is 179 Å². The van der Waals surface area contributed by atoms with Crippen molar-refractivity contribution in [3.05, 3.63) is 85.1 Å². The molecule has 2 saturated heterocycles. The van der Waals surface area contributed by atoms with Crippen molar-refractivity contribution in [3.8, 4) is 0 Å². The zero-order valence-corrected chi connectivity index (χ0v) is 39.8. The largest absolute Gasteiger partial charge is 0.462 e. The number of carbonyl (C=O) groups is 2. The molecule has 6 unspecified atom stereocenters. The van der Waals surface area contributed by atoms with Gasteiger partial charge >= 0.3 is 5.97 Å². The molecule has 68 heavy (non-hydrogen) atoms. The summed E-state index contributed by atoms with van der Waals surface area (Å²) in [7, 11) is 0. The van der Waals surface area contributed by atoms with Gasteiger partial charge in [-0.2, -0.15) is 0 Å². The first kappa shape index (κ1) is 60.6. The lowest BCUT2D eigenvalue weighted by atomic mass is 9.84. The van der Waals surface area contributed by atoms with Crippen LogP contribution in [0.4, 0.5) is 0 Å². The van der Waals surface area contributed by atoms with Crippen molar-refractivity contribution in [3.63, 3.8) is 0 Å². The van der Waals surface area contributed by atoms with Crippen molar-refractivity contribution < 1.29 is 84.7 Å². The van der Waals surface area contributed by atoms with Crippen LogP contribution in [-0.2, 0) is 28.5 Å². The van der Waals surface area contributed by atoms with Crippen molar-refractivity contribution in [2.45, 2.75) is 177 Å². The number of aliphatic hydroxyl groups excluding tert-OH is 10. The van der Waals surface area contributed by atoms with Crippen LogP contribution >= 0.6 is 0 Å². The van der Waals surface area contributed by atoms with E-state index < -0.39 is 142 Å². The van der Waals surface area contributed by atoms with Crippen LogP contribution in [0.5, 0.6) is 0 Å². The van der Waals surface area contributed by atoms with Crippen LogP contribution in [0.15, 0.2) is 85.1 Å². The lowest BCUT2D eigenvalue weighted by Crippen LogP contribution is -2.61. The minimum Gasteiger partial charge on any atom is -0.462 e. The molecule has 19 nitrogen and oxygen atoms in total. The Morgan fingerprint density at radius 3 is 1.96 bits per heavy atom. The fourth-order valence-electron chi connectivity index (χ4n) is 7.48. The fourth-order valence-corrected chi connectivity index (χ4v) is 7.48. The molecule has 14 N–H and O–H groups in total. The van der Waals surface area contributed by atoms with Crippen molar-refractivity contribution in [2.75, 3.05) is 19.8 Å². The molecule has 0 radical (unpaired) electrons. The van der Waals surface area contributed by atoms with Crippen LogP contribution in [0.3, 0.4) is 0 Å². The Kier molecular flexibility index (Phi) is 28.9. The molecule has 0 saturated carbocycles. The fraction of sp³-hybridized carbons (Fsp3) is 0.673. The first-order valence-corrected chi connectivity index (χ1v) is 23.5. The third-order valence-corrected chi connectivity index (χ3v) is 11.9. The third-order valence-electron chi connectivity index (χ3n) is 11.9. The number of nitrogens with one attached hydrogen (secondary N) is 1. The molecule has 2 fully saturated rings. The van der Waals surface area contributed by atoms with E-state index in [0.29, 0.717) is 0 Å². The Morgan fingerprint density at radius 2 is 1.38 bits per heavy atom. The number of rotatable bonds is 30. The van der Waals surface area contributed by atoms with Gasteiger partial charge in [0, 0.05) is 38.2 Å². The Bertz CT molecular complexity index is 1650. The molecule has 16 atom stereocenters. The smallest absolute Gasteiger partial charge is 0.308 e. The predicted molar refractivity (Wildman–Crippen MR) is 252 cm³/mol. The molecule has 0 aromatic rings. The van der Waals surface area contributed by atoms with Gasteiger partial charge in [0.25, 0.3) is 0 Å². The van der Waals surface area contributed by atoms with Gasteiger partial charge in [-0.3, -0.25) is 9.59 Å². The molecule has 0 aliphatic carbocycles. The molecular weight excluding hydrogens is 889 g/mol. The number of aliphatic hydroxyl groups is 11. The van der Waals surface area contributed by atoms with Gasteiger partial charge in [-0.1, -0.05) is 92.0 Å². The molecule has 2 aliphatic rings. The highest BCUT2D eigenvalue weighted by Crippen LogP contribution is 2.38. The van der Waals surface area contributed by atoms with E-state index >= 15 is 0 Å². The van der Waals surface area contributed by atoms with Crippen molar-refractivity contribution in [2.24, 2.45) is 17.6 Å². The van der Waals surface area contributed by atoms with Crippen LogP contribution in [0.1, 0.15) is 85.5 Å². The van der Waals surface area contributed by atoms with Crippen LogP contribution in [0.25, 0.3) is 0 Å². The first-order valence-electron chi connectivity index (χ1n) is 23.5. The number of nitrogens with two attached hydrogens (primary N) is 1. The molecule has 0 bridgehead atoms. The molecule has 388 valence electrons. The maximum Gasteiger partial charge on any atom is 0.308 e. The highest BCUT2D eigenvalue weighted by atomic mass is 16.7. The Balaban J connectivity index is 2.21. The van der Waals surface area contributed by atoms with Gasteiger partial charge in [-0.15, -0.1) is 0 Å². The minimum absolute atomic E-state index is 0.0106. The Hall–Kier alpha value is -3.48. The van der Waals surface area contributed by atoms with Crippen molar-refractivity contribution in [1.82, 2.24) is 5.32 Å². The van der Waals surface area contributed by atoms with Gasteiger partial charge in [-0.05, 0) is 46.5 Å². The van der Waals surface area contributed by atoms with Crippen LogP contribution < -0.4 is 11.1 Å². The summed E-state index contributed by atoms with van der Waals surface area (Å²) >= 11 is 0. The highest BCUT2D eigenvalue weighted by Gasteiger charge is 2.47. The number of allylic oxidation sites excluding steroid dienone is 13. The summed E-state index contributed by atoms with van der Waals surface area (Å²) in [6, 6.07) is -2.12. The first-order chi connectivity index (χ1) is 32.3. The summed E-state index contributed by atoms with van der Waals surface area (Å²) in [5, 5.41) is 118. The number of hydrogen-bond donors (Lipinski definition) is 13. The van der Waals surface area contributed by atoms with E-state index in [2.05, 4.69) is 5.32 Å². The number of amides is 1. The summed E-state index contributed by atoms with van der Waals surface area (Å²) in [5.41, 5.74) is 6.08. The van der Waals surface area contributed by atoms with Crippen LogP contribution in [0.2, 0.25) is 0 Å². The molecule has 2 heterocycles. The summed E-state index contributed by atoms with van der Waals surface area (Å²) in [5.74, 6) is -4.69. The maximum absolute atomic E-state index is 13.6. The summed E-state index contributed by atoms with van der Waals surface area (Å²) in [6.07, 6.45) is 8.90. The van der Waals surface area contributed by atoms with Gasteiger partial charge in [-0.25, -0.2) is 0 Å². The summed E-state index contributed by atoms with van der Waals surface area (Å²) < 4.78 is 23.4. The average Bonchev–Trinajstić information content (AvgIpc) is 3.28. The Morgan fingerprint density at radius 1 is 0.794 bits per heavy atom. The summed E-state index contributed by atoms with van der Waals surface area (Å²) in [4.78, 5) is 25.8. The lowest BCUT2D eigenvalue weighted by molar-refractivity contribution is -0.295. The van der Waals surface area contributed by atoms with E-state index in [1.165, 1.54) is 0 Å². The quantitative estimate of drug-likeness (QED) is 0.0336. The Labute approximate surface area is 400 Å². The van der Waals surface area contributed by atoms with Crippen molar-refractivity contribution >= 4 is 11.9 Å². The second kappa shape index (κ2) is 32.4. The average molecular weight is 969 g/mol. The normalized spacial score (nSPS) is 28.9. The molecule has 2 rings (SSSR count). The van der Waals surface area contributed by atoms with Gasteiger partial charge in [0.05, 0.1) is 92.6 Å². The van der Waals surface area contributed by atoms with Gasteiger partial charge in [0.15, 0.2) is 12.1 Å². The number of ether oxygens (including phenoxy) is 4. The topological polar surface area (TPSA) is 332 Å². The third kappa shape index (κ3) is 22.5. The van der Waals surface area contributed by atoms with Gasteiger partial charge in [0.1, 0.15) is 12.2 Å². The molecule has 0 spiro atoms. The van der Waals surface area contributed by atoms with Crippen LogP contribution in [0, 0.1) is 11.8 Å². The zero-order chi connectivity index (χ0) is 50.8. The van der Waals surface area contributed by atoms with E-state index in [0.717, 1.165) is 0 Å². The van der Waals surface area contributed by atoms with E-state index in [4.69, 9.17) is 24.7 Å². The van der Waals surface area contributed by atoms with Gasteiger partial charge < -0.3 is 86.2 Å². The molecule has 19 heteroatoms. The molecule has 2 aliphatic heterocycles. The second-order valence-corrected chi connectivity index (χ2v) is 17.7. The molecule has 0 aromatic heterocycles. The number of carbonyl (C=O) groups excluding carboxylic acids is 2. The molecule has 0 aromatic carbocycles. The molecular formula is C49H80N2O17. The second-order valence-electron chi connectivity index (χ2n) is 17.7. The highest BCUT2D eigenvalue weighted by molar-refractivity contribution is 5.79. The number of hydrogen-bond acceptors (Lipinski definition) is 18. The molecule has 1 amide bonds. The monoisotopic (exact) mass is 969 g/mol. The maximum atomic E-state index is 13.6. The zero-order valence-electron chi connectivity index (χ0n) is 39.8. The standard InChI is InChI=1S/C49H80N2O17/c1-5-6-7-8-9-10-11-12-13-14-15-16-17-18-38(67-48-46(62)44(50)45(61)33(4)66-48)26-42-39(47(63)51-34(29-53)30-54)21-22-49(64,68-42)27-37(57)24-41(59)40(58)20-19-35(55)23-36(56)25-43(60)65-32(3)31(2)28-52/h5-18,31-42,44-46,48,52-59,61-62,64H,19-30,50H2,1-4H3,(H,51,63)/b6-5+,8-7+,10-9+,12-11+,14-13+,16-15+,18-17+/t31-,32+,33?,35-,36-,37+,38?,39-,40-,41-,42+,44?,45?,46?,48?,49+/m1/s1. The van der Waals surface area contributed by atoms with Crippen molar-refractivity contribution in [1.29, 1.82) is 0 Å². The number of esters is 1. The van der Waals surface area contributed by atoms with E-state index in [9.17, 15) is 65.8 Å². The van der Waals surface area contributed by atoms with E-state index in [-0.39, 0.29) is 51.0 Å². The lowest BCUT2D eigenvalue weighted by Gasteiger charge is -2.44. The van der Waals surface area contributed by atoms with E-state index in [1.54, 1.807) is 51.2 Å².